The topological polar surface area (TPSA) is 87.9 Å². The van der Waals surface area contributed by atoms with Gasteiger partial charge in [-0.15, -0.1) is 0 Å². The number of anilines is 5. The van der Waals surface area contributed by atoms with Crippen molar-refractivity contribution in [2.75, 3.05) is 21.9 Å². The lowest BCUT2D eigenvalue weighted by Crippen LogP contribution is -2.13. The monoisotopic (exact) mass is 292 g/mol. The van der Waals surface area contributed by atoms with Crippen molar-refractivity contribution in [2.45, 2.75) is 0 Å². The van der Waals surface area contributed by atoms with Gasteiger partial charge in [-0.3, -0.25) is 10.9 Å². The van der Waals surface area contributed by atoms with E-state index in [-0.39, 0.29) is 0 Å². The Morgan fingerprint density at radius 3 is 1.95 bits per heavy atom. The van der Waals surface area contributed by atoms with Crippen LogP contribution in [-0.2, 0) is 0 Å². The molecule has 0 spiro atoms. The summed E-state index contributed by atoms with van der Waals surface area (Å²) in [4.78, 5) is 8.32. The average molecular weight is 292 g/mol. The number of hydrogen-bond acceptors (Lipinski definition) is 6. The van der Waals surface area contributed by atoms with Crippen molar-refractivity contribution in [1.29, 1.82) is 0 Å². The molecule has 1 aromatic heterocycles. The number of hydrazine groups is 1. The SMILES string of the molecule is Nc1c(NNc2ccccc2)ncnc1Nc1ccccc1. The van der Waals surface area contributed by atoms with Gasteiger partial charge in [0.25, 0.3) is 0 Å². The minimum Gasteiger partial charge on any atom is -0.393 e. The molecule has 0 radical (unpaired) electrons. The van der Waals surface area contributed by atoms with Crippen molar-refractivity contribution >= 4 is 28.7 Å². The first-order valence-electron chi connectivity index (χ1n) is 6.82. The third kappa shape index (κ3) is 3.24. The Morgan fingerprint density at radius 1 is 0.682 bits per heavy atom. The summed E-state index contributed by atoms with van der Waals surface area (Å²) in [6.07, 6.45) is 1.46. The molecule has 0 saturated carbocycles. The minimum absolute atomic E-state index is 0.440. The van der Waals surface area contributed by atoms with Gasteiger partial charge in [-0.1, -0.05) is 36.4 Å². The van der Waals surface area contributed by atoms with E-state index in [1.54, 1.807) is 0 Å². The zero-order valence-electron chi connectivity index (χ0n) is 11.8. The van der Waals surface area contributed by atoms with Gasteiger partial charge in [-0.05, 0) is 24.3 Å². The van der Waals surface area contributed by atoms with Crippen molar-refractivity contribution in [2.24, 2.45) is 0 Å². The second-order valence-electron chi connectivity index (χ2n) is 4.59. The van der Waals surface area contributed by atoms with Crippen LogP contribution in [0.1, 0.15) is 0 Å². The Kier molecular flexibility index (Phi) is 4.01. The molecule has 0 aliphatic carbocycles. The van der Waals surface area contributed by atoms with Crippen LogP contribution in [0.2, 0.25) is 0 Å². The van der Waals surface area contributed by atoms with E-state index in [9.17, 15) is 0 Å². The van der Waals surface area contributed by atoms with Gasteiger partial charge in [0.1, 0.15) is 12.0 Å². The maximum atomic E-state index is 6.11. The number of aromatic nitrogens is 2. The first-order chi connectivity index (χ1) is 10.8. The number of hydrogen-bond donors (Lipinski definition) is 4. The summed E-state index contributed by atoms with van der Waals surface area (Å²) in [6, 6.07) is 19.4. The van der Waals surface area contributed by atoms with E-state index >= 15 is 0 Å². The predicted molar refractivity (Wildman–Crippen MR) is 89.9 cm³/mol. The molecule has 2 aromatic carbocycles. The zero-order valence-corrected chi connectivity index (χ0v) is 11.8. The fourth-order valence-electron chi connectivity index (χ4n) is 1.91. The molecule has 5 N–H and O–H groups in total. The molecule has 0 fully saturated rings. The summed E-state index contributed by atoms with van der Waals surface area (Å²) in [5.74, 6) is 1.07. The van der Waals surface area contributed by atoms with Gasteiger partial charge < -0.3 is 11.1 Å². The van der Waals surface area contributed by atoms with Gasteiger partial charge in [0.2, 0.25) is 0 Å². The highest BCUT2D eigenvalue weighted by Crippen LogP contribution is 2.25. The fourth-order valence-corrected chi connectivity index (χ4v) is 1.91. The summed E-state index contributed by atoms with van der Waals surface area (Å²) in [5.41, 5.74) is 14.4. The molecule has 110 valence electrons. The van der Waals surface area contributed by atoms with Crippen LogP contribution in [0.4, 0.5) is 28.7 Å². The van der Waals surface area contributed by atoms with Crippen molar-refractivity contribution in [3.63, 3.8) is 0 Å². The van der Waals surface area contributed by atoms with Crippen LogP contribution < -0.4 is 21.9 Å². The van der Waals surface area contributed by atoms with Crippen LogP contribution in [0.5, 0.6) is 0 Å². The molecule has 0 unspecified atom stereocenters. The largest absolute Gasteiger partial charge is 0.393 e. The normalized spacial score (nSPS) is 10.0. The van der Waals surface area contributed by atoms with E-state index in [1.165, 1.54) is 6.33 Å². The van der Waals surface area contributed by atoms with Crippen LogP contribution in [0.15, 0.2) is 67.0 Å². The number of nitrogens with zero attached hydrogens (tertiary/aromatic N) is 2. The highest BCUT2D eigenvalue weighted by atomic mass is 15.4. The zero-order chi connectivity index (χ0) is 15.2. The maximum Gasteiger partial charge on any atom is 0.173 e. The first kappa shape index (κ1) is 13.7. The number of nitrogen functional groups attached to an aromatic ring is 1. The number of rotatable bonds is 5. The van der Waals surface area contributed by atoms with Crippen LogP contribution in [0, 0.1) is 0 Å². The molecule has 0 bridgehead atoms. The molecule has 0 saturated heterocycles. The molecular weight excluding hydrogens is 276 g/mol. The standard InChI is InChI=1S/C16H16N6/c17-14-15(20-12-7-3-1-4-8-12)18-11-19-16(14)22-21-13-9-5-2-6-10-13/h1-11,21H,17H2,(H2,18,19,20,22). The number of para-hydroxylation sites is 2. The molecule has 0 atom stereocenters. The maximum absolute atomic E-state index is 6.11. The van der Waals surface area contributed by atoms with E-state index in [2.05, 4.69) is 26.1 Å². The van der Waals surface area contributed by atoms with Crippen molar-refractivity contribution in [1.82, 2.24) is 9.97 Å². The van der Waals surface area contributed by atoms with E-state index in [1.807, 2.05) is 60.7 Å². The molecule has 1 heterocycles. The lowest BCUT2D eigenvalue weighted by Gasteiger charge is -2.13. The highest BCUT2D eigenvalue weighted by Gasteiger charge is 2.07. The number of benzene rings is 2. The molecular formula is C16H16N6. The molecule has 6 nitrogen and oxygen atoms in total. The van der Waals surface area contributed by atoms with Crippen molar-refractivity contribution in [3.8, 4) is 0 Å². The Balaban J connectivity index is 1.74. The summed E-state index contributed by atoms with van der Waals surface area (Å²) in [5, 5.41) is 3.17. The van der Waals surface area contributed by atoms with E-state index < -0.39 is 0 Å². The van der Waals surface area contributed by atoms with E-state index in [4.69, 9.17) is 5.73 Å². The molecule has 0 aliphatic rings. The van der Waals surface area contributed by atoms with Crippen LogP contribution in [0.3, 0.4) is 0 Å². The third-order valence-corrected chi connectivity index (χ3v) is 3.02. The Labute approximate surface area is 128 Å². The summed E-state index contributed by atoms with van der Waals surface area (Å²) in [6.45, 7) is 0. The third-order valence-electron chi connectivity index (χ3n) is 3.02. The molecule has 6 heteroatoms. The van der Waals surface area contributed by atoms with Gasteiger partial charge >= 0.3 is 0 Å². The highest BCUT2D eigenvalue weighted by molar-refractivity contribution is 5.78. The molecule has 0 aliphatic heterocycles. The second-order valence-corrected chi connectivity index (χ2v) is 4.59. The number of nitrogens with two attached hydrogens (primary N) is 1. The van der Waals surface area contributed by atoms with Crippen LogP contribution in [0.25, 0.3) is 0 Å². The predicted octanol–water partition coefficient (Wildman–Crippen LogP) is 3.24. The van der Waals surface area contributed by atoms with E-state index in [0.717, 1.165) is 11.4 Å². The first-order valence-corrected chi connectivity index (χ1v) is 6.82. The smallest absolute Gasteiger partial charge is 0.173 e. The van der Waals surface area contributed by atoms with Crippen LogP contribution >= 0.6 is 0 Å². The quantitative estimate of drug-likeness (QED) is 0.540. The second kappa shape index (κ2) is 6.45. The van der Waals surface area contributed by atoms with Gasteiger partial charge in [-0.25, -0.2) is 9.97 Å². The van der Waals surface area contributed by atoms with Crippen molar-refractivity contribution in [3.05, 3.63) is 67.0 Å². The average Bonchev–Trinajstić information content (AvgIpc) is 2.58. The van der Waals surface area contributed by atoms with Gasteiger partial charge in [0, 0.05) is 5.69 Å². The molecule has 0 amide bonds. The molecule has 22 heavy (non-hydrogen) atoms. The molecule has 3 aromatic rings. The number of nitrogens with one attached hydrogen (secondary N) is 3. The van der Waals surface area contributed by atoms with Crippen LogP contribution in [-0.4, -0.2) is 9.97 Å². The van der Waals surface area contributed by atoms with Gasteiger partial charge in [-0.2, -0.15) is 0 Å². The molecule has 3 rings (SSSR count). The lowest BCUT2D eigenvalue weighted by molar-refractivity contribution is 1.16. The summed E-state index contributed by atoms with van der Waals surface area (Å²) in [7, 11) is 0. The Hall–Kier alpha value is -3.28. The summed E-state index contributed by atoms with van der Waals surface area (Å²) >= 11 is 0. The van der Waals surface area contributed by atoms with E-state index in [0.29, 0.717) is 17.3 Å². The van der Waals surface area contributed by atoms with Gasteiger partial charge in [0.15, 0.2) is 11.6 Å². The minimum atomic E-state index is 0.440. The fraction of sp³-hybridized carbons (Fsp3) is 0. The van der Waals surface area contributed by atoms with Gasteiger partial charge in [0.05, 0.1) is 5.69 Å². The summed E-state index contributed by atoms with van der Waals surface area (Å²) < 4.78 is 0. The Morgan fingerprint density at radius 2 is 1.27 bits per heavy atom. The Bertz CT molecular complexity index is 730. The lowest BCUT2D eigenvalue weighted by atomic mass is 10.3. The van der Waals surface area contributed by atoms with Crippen molar-refractivity contribution < 1.29 is 0 Å².